The van der Waals surface area contributed by atoms with Crippen LogP contribution in [0, 0.1) is 5.82 Å². The predicted molar refractivity (Wildman–Crippen MR) is 93.4 cm³/mol. The van der Waals surface area contributed by atoms with Gasteiger partial charge in [0.15, 0.2) is 23.2 Å². The van der Waals surface area contributed by atoms with Crippen LogP contribution in [0.15, 0.2) is 33.0 Å². The smallest absolute Gasteiger partial charge is 0.251 e. The Balaban J connectivity index is 1.39. The Morgan fingerprint density at radius 3 is 3.04 bits per heavy atom. The Morgan fingerprint density at radius 1 is 1.46 bits per heavy atom. The molecule has 0 saturated carbocycles. The second-order valence-corrected chi connectivity index (χ2v) is 7.71. The Labute approximate surface area is 162 Å². The number of nitrogens with one attached hydrogen (secondary N) is 1. The lowest BCUT2D eigenvalue weighted by Crippen LogP contribution is -2.53. The van der Waals surface area contributed by atoms with Gasteiger partial charge < -0.3 is 15.4 Å². The summed E-state index contributed by atoms with van der Waals surface area (Å²) in [5.41, 5.74) is 2.06. The van der Waals surface area contributed by atoms with Crippen LogP contribution in [0.25, 0.3) is 0 Å². The van der Waals surface area contributed by atoms with Crippen LogP contribution in [0.4, 0.5) is 4.39 Å². The van der Waals surface area contributed by atoms with Crippen LogP contribution in [0.3, 0.4) is 0 Å². The number of carbonyl (C=O) groups excluding carboxylic acids is 1. The van der Waals surface area contributed by atoms with Gasteiger partial charge in [-0.05, 0) is 40.0 Å². The fourth-order valence-corrected chi connectivity index (χ4v) is 4.28. The summed E-state index contributed by atoms with van der Waals surface area (Å²) < 4.78 is 18.2. The van der Waals surface area contributed by atoms with Gasteiger partial charge in [-0.1, -0.05) is 23.0 Å². The molecule has 1 aromatic carbocycles. The lowest BCUT2D eigenvalue weighted by Gasteiger charge is -2.38. The summed E-state index contributed by atoms with van der Waals surface area (Å²) in [6.07, 6.45) is 0.662. The second kappa shape index (κ2) is 7.73. The number of amides is 1. The summed E-state index contributed by atoms with van der Waals surface area (Å²) in [5.74, 6) is -0.569. The van der Waals surface area contributed by atoms with Gasteiger partial charge in [0.05, 0.1) is 6.04 Å². The van der Waals surface area contributed by atoms with Gasteiger partial charge in [0, 0.05) is 18.3 Å². The standard InChI is InChI=1S/C16H16FN5O5S/c17-9-2-1-8-3-12(11(8)4-9)18-15(19-24)14-16(21-27-20-14)28-10-5-22(6-10)13(23)7-26-25/h1-2,4,10,12,24-25H,3,5-7H2,(H,18,19)/t12-/m0/s1. The molecule has 28 heavy (non-hydrogen) atoms. The molecule has 148 valence electrons. The van der Waals surface area contributed by atoms with Gasteiger partial charge in [-0.3, -0.25) is 10.1 Å². The Kier molecular flexibility index (Phi) is 5.15. The number of fused-ring (bicyclic) bond motifs is 1. The highest BCUT2D eigenvalue weighted by Gasteiger charge is 2.34. The number of thioether (sulfide) groups is 1. The lowest BCUT2D eigenvalue weighted by atomic mass is 9.83. The second-order valence-electron chi connectivity index (χ2n) is 6.42. The van der Waals surface area contributed by atoms with Crippen molar-refractivity contribution in [2.45, 2.75) is 22.7 Å². The number of likely N-dealkylation sites (tertiary alicyclic amines) is 1. The van der Waals surface area contributed by atoms with Gasteiger partial charge in [0.25, 0.3) is 5.91 Å². The zero-order valence-electron chi connectivity index (χ0n) is 14.4. The minimum atomic E-state index is -0.386. The van der Waals surface area contributed by atoms with Crippen molar-refractivity contribution in [3.63, 3.8) is 0 Å². The van der Waals surface area contributed by atoms with Crippen molar-refractivity contribution < 1.29 is 29.2 Å². The van der Waals surface area contributed by atoms with E-state index in [1.807, 2.05) is 0 Å². The first kappa shape index (κ1) is 18.7. The summed E-state index contributed by atoms with van der Waals surface area (Å²) in [7, 11) is 0. The Morgan fingerprint density at radius 2 is 2.29 bits per heavy atom. The minimum Gasteiger partial charge on any atom is -0.409 e. The van der Waals surface area contributed by atoms with Gasteiger partial charge >= 0.3 is 0 Å². The molecule has 1 aliphatic heterocycles. The average Bonchev–Trinajstić information content (AvgIpc) is 3.09. The van der Waals surface area contributed by atoms with Crippen LogP contribution in [0.2, 0.25) is 0 Å². The topological polar surface area (TPSA) is 133 Å². The van der Waals surface area contributed by atoms with E-state index in [0.717, 1.165) is 11.1 Å². The van der Waals surface area contributed by atoms with E-state index in [9.17, 15) is 14.4 Å². The molecular weight excluding hydrogens is 393 g/mol. The maximum Gasteiger partial charge on any atom is 0.251 e. The van der Waals surface area contributed by atoms with Crippen LogP contribution in [-0.2, 0) is 16.1 Å². The maximum absolute atomic E-state index is 13.4. The summed E-state index contributed by atoms with van der Waals surface area (Å²) in [6, 6.07) is 4.37. The minimum absolute atomic E-state index is 0.0479. The third-order valence-corrected chi connectivity index (χ3v) is 5.79. The van der Waals surface area contributed by atoms with Gasteiger partial charge in [0.1, 0.15) is 5.82 Å². The molecule has 1 fully saturated rings. The molecule has 2 aromatic rings. The van der Waals surface area contributed by atoms with Crippen molar-refractivity contribution in [2.24, 2.45) is 5.16 Å². The molecule has 10 nitrogen and oxygen atoms in total. The van der Waals surface area contributed by atoms with Crippen molar-refractivity contribution >= 4 is 23.5 Å². The number of amidine groups is 1. The summed E-state index contributed by atoms with van der Waals surface area (Å²) in [4.78, 5) is 16.9. The Bertz CT molecular complexity index is 917. The van der Waals surface area contributed by atoms with E-state index in [1.165, 1.54) is 28.8 Å². The van der Waals surface area contributed by atoms with Crippen molar-refractivity contribution in [1.29, 1.82) is 0 Å². The molecule has 2 aliphatic rings. The maximum atomic E-state index is 13.4. The monoisotopic (exact) mass is 409 g/mol. The number of aromatic nitrogens is 2. The summed E-state index contributed by atoms with van der Waals surface area (Å²) in [6.45, 7) is 0.518. The summed E-state index contributed by atoms with van der Waals surface area (Å²) >= 11 is 1.33. The van der Waals surface area contributed by atoms with E-state index in [0.29, 0.717) is 24.5 Å². The lowest BCUT2D eigenvalue weighted by molar-refractivity contribution is -0.242. The molecule has 0 bridgehead atoms. The number of carbonyl (C=O) groups is 1. The molecule has 3 N–H and O–H groups in total. The van der Waals surface area contributed by atoms with E-state index < -0.39 is 0 Å². The van der Waals surface area contributed by atoms with Gasteiger partial charge in [-0.25, -0.2) is 13.9 Å². The van der Waals surface area contributed by atoms with Crippen molar-refractivity contribution in [3.05, 3.63) is 40.8 Å². The van der Waals surface area contributed by atoms with E-state index in [1.54, 1.807) is 6.07 Å². The normalized spacial score (nSPS) is 19.0. The number of oxime groups is 1. The molecule has 1 aliphatic carbocycles. The fraction of sp³-hybridized carbons (Fsp3) is 0.375. The Hall–Kier alpha value is -2.70. The molecule has 0 radical (unpaired) electrons. The molecule has 0 spiro atoms. The van der Waals surface area contributed by atoms with E-state index >= 15 is 0 Å². The largest absolute Gasteiger partial charge is 0.409 e. The first-order valence-electron chi connectivity index (χ1n) is 8.39. The zero-order valence-corrected chi connectivity index (χ0v) is 15.2. The first-order valence-corrected chi connectivity index (χ1v) is 9.27. The highest BCUT2D eigenvalue weighted by Crippen LogP contribution is 2.35. The van der Waals surface area contributed by atoms with Crippen LogP contribution in [0.1, 0.15) is 22.9 Å². The van der Waals surface area contributed by atoms with Crippen molar-refractivity contribution in [3.8, 4) is 0 Å². The van der Waals surface area contributed by atoms with Crippen LogP contribution < -0.4 is 5.32 Å². The number of halogens is 1. The van der Waals surface area contributed by atoms with Crippen LogP contribution in [-0.4, -0.2) is 62.4 Å². The molecule has 1 amide bonds. The van der Waals surface area contributed by atoms with Crippen LogP contribution in [0.5, 0.6) is 0 Å². The first-order chi connectivity index (χ1) is 13.6. The molecule has 4 rings (SSSR count). The zero-order chi connectivity index (χ0) is 19.7. The number of benzene rings is 1. The molecule has 0 unspecified atom stereocenters. The van der Waals surface area contributed by atoms with Crippen molar-refractivity contribution in [1.82, 2.24) is 20.5 Å². The fourth-order valence-electron chi connectivity index (χ4n) is 3.14. The van der Waals surface area contributed by atoms with Crippen molar-refractivity contribution in [2.75, 3.05) is 19.7 Å². The van der Waals surface area contributed by atoms with E-state index in [4.69, 9.17) is 9.89 Å². The van der Waals surface area contributed by atoms with Gasteiger partial charge in [-0.15, -0.1) is 0 Å². The van der Waals surface area contributed by atoms with Gasteiger partial charge in [-0.2, -0.15) is 0 Å². The molecule has 1 atom stereocenters. The predicted octanol–water partition coefficient (Wildman–Crippen LogP) is 1.02. The number of hydrogen-bond donors (Lipinski definition) is 3. The highest BCUT2D eigenvalue weighted by molar-refractivity contribution is 8.00. The quantitative estimate of drug-likeness (QED) is 0.210. The molecule has 1 aromatic heterocycles. The van der Waals surface area contributed by atoms with Crippen LogP contribution >= 0.6 is 11.8 Å². The molecule has 1 saturated heterocycles. The van der Waals surface area contributed by atoms with E-state index in [-0.39, 0.29) is 41.2 Å². The number of rotatable bonds is 6. The molecular formula is C16H16FN5O5S. The van der Waals surface area contributed by atoms with Gasteiger partial charge in [0.2, 0.25) is 0 Å². The molecule has 2 heterocycles. The third kappa shape index (κ3) is 3.53. The third-order valence-electron chi connectivity index (χ3n) is 4.67. The number of nitrogens with zero attached hydrogens (tertiary/aromatic N) is 4. The molecule has 12 heteroatoms. The summed E-state index contributed by atoms with van der Waals surface area (Å²) in [5, 5.41) is 32.1. The number of hydrogen-bond acceptors (Lipinski definition) is 9. The van der Waals surface area contributed by atoms with E-state index in [2.05, 4.69) is 25.7 Å². The SMILES string of the molecule is O=C(COO)N1CC(Sc2nonc2/C(=N/O)N[C@H]2Cc3ccc(F)cc32)C1. The highest BCUT2D eigenvalue weighted by atomic mass is 32.2. The average molecular weight is 409 g/mol.